The van der Waals surface area contributed by atoms with Gasteiger partial charge in [-0.25, -0.2) is 22.6 Å². The van der Waals surface area contributed by atoms with Crippen LogP contribution in [0.25, 0.3) is 0 Å². The number of pyridine rings is 1. The lowest BCUT2D eigenvalue weighted by Crippen LogP contribution is -2.13. The zero-order valence-electron chi connectivity index (χ0n) is 9.68. The molecule has 1 aromatic heterocycles. The minimum Gasteiger partial charge on any atom is -0.478 e. The van der Waals surface area contributed by atoms with E-state index in [1.807, 2.05) is 0 Å². The molecule has 0 amide bonds. The molecule has 1 rings (SSSR count). The van der Waals surface area contributed by atoms with Gasteiger partial charge in [-0.05, 0) is 12.5 Å². The van der Waals surface area contributed by atoms with Gasteiger partial charge in [0.2, 0.25) is 0 Å². The molecule has 0 spiro atoms. The first kappa shape index (κ1) is 14.4. The van der Waals surface area contributed by atoms with Gasteiger partial charge in [-0.2, -0.15) is 0 Å². The van der Waals surface area contributed by atoms with Crippen LogP contribution < -0.4 is 5.32 Å². The monoisotopic (exact) mass is 276 g/mol. The van der Waals surface area contributed by atoms with Crippen molar-refractivity contribution in [1.29, 1.82) is 0 Å². The second-order valence-electron chi connectivity index (χ2n) is 3.77. The third-order valence-electron chi connectivity index (χ3n) is 2.07. The highest BCUT2D eigenvalue weighted by atomic mass is 32.2. The Hall–Kier alpha value is -1.70. The van der Waals surface area contributed by atoms with E-state index in [9.17, 15) is 17.6 Å². The van der Waals surface area contributed by atoms with Crippen LogP contribution in [0, 0.1) is 5.82 Å². The summed E-state index contributed by atoms with van der Waals surface area (Å²) in [5.74, 6) is -2.03. The fourth-order valence-corrected chi connectivity index (χ4v) is 1.95. The smallest absolute Gasteiger partial charge is 0.339 e. The van der Waals surface area contributed by atoms with Gasteiger partial charge >= 0.3 is 5.97 Å². The van der Waals surface area contributed by atoms with Crippen LogP contribution in [-0.4, -0.2) is 43.0 Å². The number of aromatic carboxylic acids is 1. The lowest BCUT2D eigenvalue weighted by atomic mass is 10.2. The zero-order valence-corrected chi connectivity index (χ0v) is 10.5. The minimum atomic E-state index is -3.05. The van der Waals surface area contributed by atoms with E-state index in [0.717, 1.165) is 18.5 Å². The number of carboxylic acids is 1. The lowest BCUT2D eigenvalue weighted by Gasteiger charge is -2.07. The van der Waals surface area contributed by atoms with E-state index in [1.165, 1.54) is 0 Å². The van der Waals surface area contributed by atoms with Crippen LogP contribution in [0.1, 0.15) is 16.8 Å². The third-order valence-corrected chi connectivity index (χ3v) is 3.10. The molecular weight excluding hydrogens is 263 g/mol. The number of hydrogen-bond acceptors (Lipinski definition) is 5. The number of nitrogens with zero attached hydrogens (tertiary/aromatic N) is 1. The van der Waals surface area contributed by atoms with Crippen molar-refractivity contribution in [3.05, 3.63) is 23.6 Å². The highest BCUT2D eigenvalue weighted by Gasteiger charge is 2.12. The Morgan fingerprint density at radius 2 is 2.22 bits per heavy atom. The van der Waals surface area contributed by atoms with E-state index in [-0.39, 0.29) is 23.7 Å². The summed E-state index contributed by atoms with van der Waals surface area (Å²) in [6.45, 7) is 0.242. The summed E-state index contributed by atoms with van der Waals surface area (Å²) >= 11 is 0. The molecule has 8 heteroatoms. The van der Waals surface area contributed by atoms with Crippen molar-refractivity contribution in [2.75, 3.05) is 23.9 Å². The summed E-state index contributed by atoms with van der Waals surface area (Å²) in [6.07, 6.45) is 2.33. The third kappa shape index (κ3) is 4.66. The predicted molar refractivity (Wildman–Crippen MR) is 64.0 cm³/mol. The molecule has 18 heavy (non-hydrogen) atoms. The van der Waals surface area contributed by atoms with Crippen LogP contribution >= 0.6 is 0 Å². The first-order chi connectivity index (χ1) is 8.29. The molecule has 0 radical (unpaired) electrons. The first-order valence-electron chi connectivity index (χ1n) is 5.10. The van der Waals surface area contributed by atoms with Gasteiger partial charge in [-0.3, -0.25) is 0 Å². The normalized spacial score (nSPS) is 11.2. The number of halogens is 1. The average molecular weight is 276 g/mol. The fourth-order valence-electron chi connectivity index (χ4n) is 1.28. The zero-order chi connectivity index (χ0) is 13.8. The Morgan fingerprint density at radius 3 is 2.78 bits per heavy atom. The van der Waals surface area contributed by atoms with Gasteiger partial charge in [0.15, 0.2) is 0 Å². The highest BCUT2D eigenvalue weighted by Crippen LogP contribution is 2.13. The van der Waals surface area contributed by atoms with E-state index < -0.39 is 21.6 Å². The Kier molecular flexibility index (Phi) is 4.60. The van der Waals surface area contributed by atoms with E-state index in [4.69, 9.17) is 5.11 Å². The van der Waals surface area contributed by atoms with Crippen LogP contribution in [0.3, 0.4) is 0 Å². The maximum atomic E-state index is 12.8. The number of aromatic nitrogens is 1. The van der Waals surface area contributed by atoms with Gasteiger partial charge < -0.3 is 10.4 Å². The Morgan fingerprint density at radius 1 is 1.56 bits per heavy atom. The van der Waals surface area contributed by atoms with Crippen molar-refractivity contribution in [3.63, 3.8) is 0 Å². The Bertz CT molecular complexity index is 545. The van der Waals surface area contributed by atoms with Gasteiger partial charge in [0, 0.05) is 12.8 Å². The van der Waals surface area contributed by atoms with E-state index >= 15 is 0 Å². The molecule has 0 bridgehead atoms. The maximum absolute atomic E-state index is 12.8. The Labute approximate surface area is 104 Å². The lowest BCUT2D eigenvalue weighted by molar-refractivity contribution is 0.0697. The average Bonchev–Trinajstić information content (AvgIpc) is 2.24. The van der Waals surface area contributed by atoms with Gasteiger partial charge in [0.1, 0.15) is 27.0 Å². The molecule has 0 aromatic carbocycles. The fraction of sp³-hybridized carbons (Fsp3) is 0.400. The van der Waals surface area contributed by atoms with Gasteiger partial charge in [-0.1, -0.05) is 0 Å². The van der Waals surface area contributed by atoms with Crippen LogP contribution in [0.5, 0.6) is 0 Å². The number of sulfone groups is 1. The molecule has 1 aromatic rings. The summed E-state index contributed by atoms with van der Waals surface area (Å²) < 4.78 is 34.6. The van der Waals surface area contributed by atoms with E-state index in [2.05, 4.69) is 10.3 Å². The molecule has 1 heterocycles. The summed E-state index contributed by atoms with van der Waals surface area (Å²) in [5, 5.41) is 11.5. The van der Waals surface area contributed by atoms with Crippen molar-refractivity contribution >= 4 is 21.6 Å². The van der Waals surface area contributed by atoms with Gasteiger partial charge in [0.05, 0.1) is 11.9 Å². The molecule has 0 aliphatic rings. The van der Waals surface area contributed by atoms with Crippen LogP contribution in [0.2, 0.25) is 0 Å². The second-order valence-corrected chi connectivity index (χ2v) is 6.02. The van der Waals surface area contributed by atoms with E-state index in [0.29, 0.717) is 6.42 Å². The predicted octanol–water partition coefficient (Wildman–Crippen LogP) is 0.766. The van der Waals surface area contributed by atoms with Crippen LogP contribution in [0.4, 0.5) is 10.2 Å². The van der Waals surface area contributed by atoms with Crippen molar-refractivity contribution < 1.29 is 22.7 Å². The minimum absolute atomic E-state index is 0.0103. The van der Waals surface area contributed by atoms with Crippen molar-refractivity contribution in [2.45, 2.75) is 6.42 Å². The second kappa shape index (κ2) is 5.76. The van der Waals surface area contributed by atoms with Crippen molar-refractivity contribution in [2.24, 2.45) is 0 Å². The topological polar surface area (TPSA) is 96.4 Å². The van der Waals surface area contributed by atoms with Gasteiger partial charge in [-0.15, -0.1) is 0 Å². The first-order valence-corrected chi connectivity index (χ1v) is 7.16. The quantitative estimate of drug-likeness (QED) is 0.745. The molecular formula is C10H13FN2O4S. The largest absolute Gasteiger partial charge is 0.478 e. The molecule has 2 N–H and O–H groups in total. The molecule has 0 saturated heterocycles. The molecule has 0 fully saturated rings. The summed E-state index contributed by atoms with van der Waals surface area (Å²) in [7, 11) is -3.05. The molecule has 100 valence electrons. The van der Waals surface area contributed by atoms with Crippen molar-refractivity contribution in [3.8, 4) is 0 Å². The number of anilines is 1. The summed E-state index contributed by atoms with van der Waals surface area (Å²) in [4.78, 5) is 14.4. The van der Waals surface area contributed by atoms with Crippen LogP contribution in [0.15, 0.2) is 12.3 Å². The van der Waals surface area contributed by atoms with E-state index in [1.54, 1.807) is 0 Å². The molecule has 6 nitrogen and oxygen atoms in total. The Balaban J connectivity index is 2.65. The highest BCUT2D eigenvalue weighted by molar-refractivity contribution is 7.90. The molecule has 0 unspecified atom stereocenters. The summed E-state index contributed by atoms with van der Waals surface area (Å²) in [6, 6.07) is 0.855. The number of rotatable bonds is 6. The number of carboxylic acid groups (broad SMARTS) is 1. The summed E-state index contributed by atoms with van der Waals surface area (Å²) in [5.41, 5.74) is -0.283. The SMILES string of the molecule is CS(=O)(=O)CCCNc1ncc(F)cc1C(=O)O. The molecule has 0 atom stereocenters. The maximum Gasteiger partial charge on any atom is 0.339 e. The number of hydrogen-bond donors (Lipinski definition) is 2. The molecule has 0 saturated carbocycles. The standard InChI is InChI=1S/C10H13FN2O4S/c1-18(16,17)4-2-3-12-9-8(10(14)15)5-7(11)6-13-9/h5-6H,2-4H2,1H3,(H,12,13)(H,14,15). The molecule has 0 aliphatic heterocycles. The number of carbonyl (C=O) groups is 1. The van der Waals surface area contributed by atoms with Crippen LogP contribution in [-0.2, 0) is 9.84 Å². The van der Waals surface area contributed by atoms with Crippen molar-refractivity contribution in [1.82, 2.24) is 4.98 Å². The molecule has 0 aliphatic carbocycles. The van der Waals surface area contributed by atoms with Gasteiger partial charge in [0.25, 0.3) is 0 Å². The number of nitrogens with one attached hydrogen (secondary N) is 1.